The molecule has 0 aliphatic carbocycles. The van der Waals surface area contributed by atoms with Gasteiger partial charge in [-0.2, -0.15) is 13.2 Å². The Morgan fingerprint density at radius 1 is 1.22 bits per heavy atom. The first-order valence-corrected chi connectivity index (χ1v) is 8.31. The first kappa shape index (κ1) is 19.4. The van der Waals surface area contributed by atoms with Gasteiger partial charge in [0.05, 0.1) is 11.0 Å². The third-order valence-electron chi connectivity index (χ3n) is 3.09. The van der Waals surface area contributed by atoms with Gasteiger partial charge in [0, 0.05) is 12.1 Å². The van der Waals surface area contributed by atoms with Crippen LogP contribution in [0.2, 0.25) is 0 Å². The second-order valence-electron chi connectivity index (χ2n) is 5.37. The van der Waals surface area contributed by atoms with Gasteiger partial charge in [-0.05, 0) is 43.5 Å². The van der Waals surface area contributed by atoms with Crippen LogP contribution < -0.4 is 5.32 Å². The summed E-state index contributed by atoms with van der Waals surface area (Å²) in [6.07, 6.45) is -0.0166. The van der Waals surface area contributed by atoms with Crippen LogP contribution in [0.15, 0.2) is 29.2 Å². The molecule has 0 unspecified atom stereocenters. The number of benzene rings is 1. The van der Waals surface area contributed by atoms with Crippen molar-refractivity contribution in [1.29, 1.82) is 0 Å². The van der Waals surface area contributed by atoms with Gasteiger partial charge in [-0.15, -0.1) is 0 Å². The van der Waals surface area contributed by atoms with E-state index in [1.54, 1.807) is 6.92 Å². The molecule has 0 aliphatic heterocycles. The van der Waals surface area contributed by atoms with Crippen LogP contribution in [0, 0.1) is 5.92 Å². The Balaban J connectivity index is 2.76. The van der Waals surface area contributed by atoms with E-state index in [9.17, 15) is 31.5 Å². The molecule has 130 valence electrons. The predicted molar refractivity (Wildman–Crippen MR) is 77.5 cm³/mol. The van der Waals surface area contributed by atoms with Gasteiger partial charge in [0.25, 0.3) is 15.7 Å². The minimum atomic E-state index is -5.42. The molecule has 2 atom stereocenters. The first-order chi connectivity index (χ1) is 10.4. The molecule has 0 radical (unpaired) electrons. The highest BCUT2D eigenvalue weighted by atomic mass is 32.2. The highest BCUT2D eigenvalue weighted by Gasteiger charge is 2.46. The van der Waals surface area contributed by atoms with E-state index in [2.05, 4.69) is 5.32 Å². The Labute approximate surface area is 132 Å². The maximum absolute atomic E-state index is 12.4. The zero-order valence-electron chi connectivity index (χ0n) is 12.6. The molecule has 1 aromatic carbocycles. The molecule has 0 heterocycles. The van der Waals surface area contributed by atoms with E-state index >= 15 is 0 Å². The largest absolute Gasteiger partial charge is 0.501 e. The van der Waals surface area contributed by atoms with Crippen LogP contribution in [0.3, 0.4) is 0 Å². The Hall–Kier alpha value is -1.61. The summed E-state index contributed by atoms with van der Waals surface area (Å²) in [6.45, 7) is 3.73. The van der Waals surface area contributed by atoms with Gasteiger partial charge >= 0.3 is 5.51 Å². The van der Waals surface area contributed by atoms with Crippen LogP contribution in [0.25, 0.3) is 0 Å². The quantitative estimate of drug-likeness (QED) is 0.821. The second-order valence-corrected chi connectivity index (χ2v) is 7.31. The smallest absolute Gasteiger partial charge is 0.393 e. The van der Waals surface area contributed by atoms with Crippen LogP contribution in [0.4, 0.5) is 13.2 Å². The summed E-state index contributed by atoms with van der Waals surface area (Å²) in [7, 11) is -5.42. The van der Waals surface area contributed by atoms with Gasteiger partial charge in [0.15, 0.2) is 0 Å². The maximum atomic E-state index is 12.4. The van der Waals surface area contributed by atoms with E-state index in [1.165, 1.54) is 0 Å². The summed E-state index contributed by atoms with van der Waals surface area (Å²) in [4.78, 5) is 10.9. The molecule has 0 aliphatic rings. The summed E-state index contributed by atoms with van der Waals surface area (Å²) in [6, 6.07) is 3.54. The molecule has 5 nitrogen and oxygen atoms in total. The van der Waals surface area contributed by atoms with Crippen molar-refractivity contribution in [3.63, 3.8) is 0 Å². The number of rotatable bonds is 6. The normalized spacial score (nSPS) is 15.0. The third-order valence-corrected chi connectivity index (χ3v) is 4.59. The van der Waals surface area contributed by atoms with Crippen molar-refractivity contribution in [2.45, 2.75) is 36.8 Å². The van der Waals surface area contributed by atoms with E-state index in [1.807, 2.05) is 6.92 Å². The van der Waals surface area contributed by atoms with Gasteiger partial charge in [-0.25, -0.2) is 8.42 Å². The number of nitrogens with one attached hydrogen (secondary N) is 1. The number of hydrogen-bond acceptors (Lipinski definition) is 4. The van der Waals surface area contributed by atoms with Crippen molar-refractivity contribution in [2.75, 3.05) is 6.54 Å². The number of sulfone groups is 1. The molecule has 0 bridgehead atoms. The lowest BCUT2D eigenvalue weighted by Gasteiger charge is -2.14. The highest BCUT2D eigenvalue weighted by Crippen LogP contribution is 2.30. The molecule has 0 fully saturated rings. The molecule has 0 saturated carbocycles. The lowest BCUT2D eigenvalue weighted by molar-refractivity contribution is -0.0436. The molecule has 23 heavy (non-hydrogen) atoms. The fourth-order valence-corrected chi connectivity index (χ4v) is 2.72. The van der Waals surface area contributed by atoms with Crippen LogP contribution in [0.1, 0.15) is 30.6 Å². The number of amides is 1. The third kappa shape index (κ3) is 5.21. The Morgan fingerprint density at radius 3 is 2.17 bits per heavy atom. The minimum absolute atomic E-state index is 0.0174. The van der Waals surface area contributed by atoms with E-state index in [0.29, 0.717) is 6.42 Å². The van der Waals surface area contributed by atoms with Crippen molar-refractivity contribution in [3.8, 4) is 0 Å². The van der Waals surface area contributed by atoms with Crippen molar-refractivity contribution in [2.24, 2.45) is 5.92 Å². The zero-order chi connectivity index (χ0) is 17.8. The summed E-state index contributed by atoms with van der Waals surface area (Å²) < 4.78 is 59.6. The van der Waals surface area contributed by atoms with Crippen LogP contribution in [-0.2, 0) is 9.84 Å². The van der Waals surface area contributed by atoms with Crippen LogP contribution in [-0.4, -0.2) is 37.6 Å². The molecular weight excluding hydrogens is 335 g/mol. The van der Waals surface area contributed by atoms with Gasteiger partial charge in [0.1, 0.15) is 0 Å². The number of alkyl halides is 3. The van der Waals surface area contributed by atoms with Crippen molar-refractivity contribution >= 4 is 15.7 Å². The predicted octanol–water partition coefficient (Wildman–Crippen LogP) is 2.12. The van der Waals surface area contributed by atoms with E-state index in [0.717, 1.165) is 24.3 Å². The van der Waals surface area contributed by atoms with E-state index < -0.39 is 32.3 Å². The summed E-state index contributed by atoms with van der Waals surface area (Å²) >= 11 is 0. The topological polar surface area (TPSA) is 83.5 Å². The zero-order valence-corrected chi connectivity index (χ0v) is 13.4. The fraction of sp³-hybridized carbons (Fsp3) is 0.500. The van der Waals surface area contributed by atoms with Gasteiger partial charge in [0.2, 0.25) is 0 Å². The monoisotopic (exact) mass is 353 g/mol. The summed E-state index contributed by atoms with van der Waals surface area (Å²) in [5.74, 6) is -0.512. The van der Waals surface area contributed by atoms with Crippen molar-refractivity contribution < 1.29 is 31.5 Å². The van der Waals surface area contributed by atoms with Crippen LogP contribution >= 0.6 is 0 Å². The fourth-order valence-electron chi connectivity index (χ4n) is 1.95. The lowest BCUT2D eigenvalue weighted by atomic mass is 10.0. The molecule has 1 amide bonds. The molecule has 1 rings (SSSR count). The molecule has 1 aromatic rings. The Morgan fingerprint density at radius 2 is 1.74 bits per heavy atom. The molecule has 2 N–H and O–H groups in total. The number of halogens is 3. The summed E-state index contributed by atoms with van der Waals surface area (Å²) in [5, 5.41) is 11.8. The SMILES string of the molecule is C[C@H](CNC(=O)c1ccc(S(=O)(=O)C(F)(F)F)cc1)C[C@H](C)O. The second kappa shape index (κ2) is 7.31. The summed E-state index contributed by atoms with van der Waals surface area (Å²) in [5.41, 5.74) is -5.33. The van der Waals surface area contributed by atoms with Gasteiger partial charge in [-0.1, -0.05) is 6.92 Å². The maximum Gasteiger partial charge on any atom is 0.501 e. The first-order valence-electron chi connectivity index (χ1n) is 6.83. The highest BCUT2D eigenvalue weighted by molar-refractivity contribution is 7.92. The Bertz CT molecular complexity index is 639. The number of carbonyl (C=O) groups excluding carboxylic acids is 1. The minimum Gasteiger partial charge on any atom is -0.393 e. The molecule has 0 spiro atoms. The van der Waals surface area contributed by atoms with E-state index in [-0.39, 0.29) is 18.0 Å². The van der Waals surface area contributed by atoms with Gasteiger partial charge in [-0.3, -0.25) is 4.79 Å². The molecule has 9 heteroatoms. The van der Waals surface area contributed by atoms with E-state index in [4.69, 9.17) is 0 Å². The number of aliphatic hydroxyl groups is 1. The lowest BCUT2D eigenvalue weighted by Crippen LogP contribution is -2.29. The molecule has 0 aromatic heterocycles. The average molecular weight is 353 g/mol. The average Bonchev–Trinajstić information content (AvgIpc) is 2.43. The van der Waals surface area contributed by atoms with Crippen LogP contribution in [0.5, 0.6) is 0 Å². The molecule has 0 saturated heterocycles. The number of hydrogen-bond donors (Lipinski definition) is 2. The van der Waals surface area contributed by atoms with Crippen molar-refractivity contribution in [1.82, 2.24) is 5.32 Å². The van der Waals surface area contributed by atoms with Crippen molar-refractivity contribution in [3.05, 3.63) is 29.8 Å². The number of carbonyl (C=O) groups is 1. The van der Waals surface area contributed by atoms with Gasteiger partial charge < -0.3 is 10.4 Å². The Kier molecular flexibility index (Phi) is 6.18. The standard InChI is InChI=1S/C14H18F3NO4S/c1-9(7-10(2)19)8-18-13(20)11-3-5-12(6-4-11)23(21,22)14(15,16)17/h3-6,9-10,19H,7-8H2,1-2H3,(H,18,20)/t9-,10-/m0/s1. The molecular formula is C14H18F3NO4S. The number of aliphatic hydroxyl groups excluding tert-OH is 1.